The van der Waals surface area contributed by atoms with Crippen LogP contribution in [0.4, 0.5) is 0 Å². The lowest BCUT2D eigenvalue weighted by Gasteiger charge is -2.29. The molecule has 0 rings (SSSR count). The van der Waals surface area contributed by atoms with Gasteiger partial charge in [0.15, 0.2) is 5.85 Å². The van der Waals surface area contributed by atoms with Gasteiger partial charge in [-0.1, -0.05) is 15.9 Å². The molecule has 0 bridgehead atoms. The highest BCUT2D eigenvalue weighted by Gasteiger charge is 2.40. The average Bonchev–Trinajstić information content (AvgIpc) is 2.23. The number of unbranched alkanes of at least 4 members (excludes halogenated alkanes) is 1. The Bertz CT molecular complexity index is 423. The lowest BCUT2D eigenvalue weighted by Crippen LogP contribution is -2.23. The highest BCUT2D eigenvalue weighted by atomic mass is 79.9. The molecule has 1 atom stereocenters. The summed E-state index contributed by atoms with van der Waals surface area (Å²) in [5.74, 6) is -1.11. The van der Waals surface area contributed by atoms with Crippen LogP contribution in [0.25, 0.3) is 0 Å². The molecule has 21 heavy (non-hydrogen) atoms. The molecule has 0 aromatic carbocycles. The van der Waals surface area contributed by atoms with Crippen LogP contribution in [0.15, 0.2) is 0 Å². The fourth-order valence-electron chi connectivity index (χ4n) is 1.62. The third kappa shape index (κ3) is 10.0. The summed E-state index contributed by atoms with van der Waals surface area (Å²) in [5.41, 5.74) is 0. The lowest BCUT2D eigenvalue weighted by molar-refractivity contribution is 0.107. The molecule has 0 aliphatic rings. The van der Waals surface area contributed by atoms with Gasteiger partial charge < -0.3 is 9.05 Å². The maximum absolute atomic E-state index is 13.0. The third-order valence-electron chi connectivity index (χ3n) is 2.19. The van der Waals surface area contributed by atoms with Crippen molar-refractivity contribution < 1.29 is 26.2 Å². The molecule has 6 nitrogen and oxygen atoms in total. The van der Waals surface area contributed by atoms with Crippen LogP contribution in [0.3, 0.4) is 0 Å². The smallest absolute Gasteiger partial charge is 0.304 e. The van der Waals surface area contributed by atoms with Gasteiger partial charge in [0.25, 0.3) is 10.1 Å². The molecule has 0 N–H and O–H groups in total. The van der Waals surface area contributed by atoms with E-state index in [0.29, 0.717) is 6.42 Å². The van der Waals surface area contributed by atoms with Gasteiger partial charge in [0, 0.05) is 5.33 Å². The molecule has 0 amide bonds. The van der Waals surface area contributed by atoms with Gasteiger partial charge in [0.2, 0.25) is 0 Å². The molecular weight excluding hydrogens is 383 g/mol. The minimum atomic E-state index is -3.76. The van der Waals surface area contributed by atoms with E-state index in [1.54, 1.807) is 27.7 Å². The van der Waals surface area contributed by atoms with Crippen molar-refractivity contribution in [2.75, 3.05) is 11.6 Å². The molecule has 0 heterocycles. The van der Waals surface area contributed by atoms with Gasteiger partial charge in [-0.15, -0.1) is 0 Å². The Labute approximate surface area is 136 Å². The van der Waals surface area contributed by atoms with Gasteiger partial charge in [-0.05, 0) is 47.0 Å². The highest BCUT2D eigenvalue weighted by Crippen LogP contribution is 2.57. The second-order valence-corrected chi connectivity index (χ2v) is 9.76. The SMILES string of the molecule is CC(C)OP(=O)(OC(C)C)C(CCCCBr)OS(C)(=O)=O. The number of alkyl halides is 1. The summed E-state index contributed by atoms with van der Waals surface area (Å²) in [4.78, 5) is 0. The maximum atomic E-state index is 13.0. The van der Waals surface area contributed by atoms with E-state index in [1.165, 1.54) is 0 Å². The third-order valence-corrected chi connectivity index (χ3v) is 5.97. The van der Waals surface area contributed by atoms with Gasteiger partial charge in [-0.3, -0.25) is 8.75 Å². The highest BCUT2D eigenvalue weighted by molar-refractivity contribution is 9.09. The van der Waals surface area contributed by atoms with E-state index < -0.39 is 23.6 Å². The summed E-state index contributed by atoms with van der Waals surface area (Å²) in [7, 11) is -7.45. The van der Waals surface area contributed by atoms with E-state index in [9.17, 15) is 13.0 Å². The second-order valence-electron chi connectivity index (χ2n) is 5.29. The van der Waals surface area contributed by atoms with Crippen LogP contribution in [0.5, 0.6) is 0 Å². The van der Waals surface area contributed by atoms with E-state index in [0.717, 1.165) is 18.0 Å². The Morgan fingerprint density at radius 2 is 1.52 bits per heavy atom. The fourth-order valence-corrected chi connectivity index (χ4v) is 5.40. The van der Waals surface area contributed by atoms with Crippen LogP contribution in [-0.4, -0.2) is 38.1 Å². The summed E-state index contributed by atoms with van der Waals surface area (Å²) in [6.07, 6.45) is 1.95. The predicted octanol–water partition coefficient (Wildman–Crippen LogP) is 3.90. The lowest BCUT2D eigenvalue weighted by atomic mass is 10.3. The number of halogens is 1. The van der Waals surface area contributed by atoms with Crippen molar-refractivity contribution in [3.05, 3.63) is 0 Å². The van der Waals surface area contributed by atoms with E-state index in [2.05, 4.69) is 15.9 Å². The van der Waals surface area contributed by atoms with Gasteiger partial charge in [0.1, 0.15) is 0 Å². The monoisotopic (exact) mass is 408 g/mol. The summed E-state index contributed by atoms with van der Waals surface area (Å²) >= 11 is 3.30. The topological polar surface area (TPSA) is 78.9 Å². The van der Waals surface area contributed by atoms with Crippen molar-refractivity contribution in [3.63, 3.8) is 0 Å². The largest absolute Gasteiger partial charge is 0.361 e. The minimum absolute atomic E-state index is 0.287. The molecule has 0 saturated carbocycles. The molecule has 0 aliphatic heterocycles. The first-order chi connectivity index (χ1) is 9.50. The molecule has 0 saturated heterocycles. The molecule has 1 unspecified atom stereocenters. The van der Waals surface area contributed by atoms with E-state index in [4.69, 9.17) is 13.2 Å². The molecule has 0 spiro atoms. The molecule has 0 aromatic heterocycles. The summed E-state index contributed by atoms with van der Waals surface area (Å²) in [5, 5.41) is 0.777. The van der Waals surface area contributed by atoms with E-state index >= 15 is 0 Å². The number of hydrogen-bond donors (Lipinski definition) is 0. The van der Waals surface area contributed by atoms with Crippen molar-refractivity contribution >= 4 is 33.6 Å². The summed E-state index contributed by atoms with van der Waals surface area (Å²) < 4.78 is 51.7. The Morgan fingerprint density at radius 3 is 1.86 bits per heavy atom. The van der Waals surface area contributed by atoms with Gasteiger partial charge in [-0.2, -0.15) is 8.42 Å². The molecular formula is C12H26BrO6PS. The molecule has 0 aliphatic carbocycles. The molecule has 9 heteroatoms. The normalized spacial score (nSPS) is 14.9. The maximum Gasteiger partial charge on any atom is 0.361 e. The quantitative estimate of drug-likeness (QED) is 0.223. The van der Waals surface area contributed by atoms with Crippen LogP contribution in [0, 0.1) is 0 Å². The van der Waals surface area contributed by atoms with Crippen LogP contribution in [0.1, 0.15) is 47.0 Å². The van der Waals surface area contributed by atoms with Gasteiger partial charge in [-0.25, -0.2) is 0 Å². The van der Waals surface area contributed by atoms with Crippen LogP contribution < -0.4 is 0 Å². The first-order valence-corrected chi connectivity index (χ1v) is 11.5. The zero-order valence-electron chi connectivity index (χ0n) is 13.2. The first-order valence-electron chi connectivity index (χ1n) is 6.91. The Kier molecular flexibility index (Phi) is 9.88. The van der Waals surface area contributed by atoms with Crippen molar-refractivity contribution in [1.82, 2.24) is 0 Å². The fraction of sp³-hybridized carbons (Fsp3) is 1.00. The van der Waals surface area contributed by atoms with Crippen molar-refractivity contribution in [1.29, 1.82) is 0 Å². The zero-order valence-corrected chi connectivity index (χ0v) is 16.5. The molecule has 0 radical (unpaired) electrons. The first kappa shape index (κ1) is 21.5. The van der Waals surface area contributed by atoms with E-state index in [1.807, 2.05) is 0 Å². The Morgan fingerprint density at radius 1 is 1.05 bits per heavy atom. The van der Waals surface area contributed by atoms with Gasteiger partial charge >= 0.3 is 7.60 Å². The zero-order chi connectivity index (χ0) is 16.7. The predicted molar refractivity (Wildman–Crippen MR) is 87.4 cm³/mol. The standard InChI is InChI=1S/C12H26BrO6PS/c1-10(2)17-20(14,18-11(3)4)12(8-6-7-9-13)19-21(5,15)16/h10-12H,6-9H2,1-5H3. The van der Waals surface area contributed by atoms with Crippen LogP contribution >= 0.6 is 23.5 Å². The molecule has 128 valence electrons. The molecule has 0 aromatic rings. The van der Waals surface area contributed by atoms with Crippen molar-refractivity contribution in [2.45, 2.75) is 65.0 Å². The van der Waals surface area contributed by atoms with E-state index in [-0.39, 0.29) is 18.6 Å². The van der Waals surface area contributed by atoms with Crippen molar-refractivity contribution in [2.24, 2.45) is 0 Å². The average molecular weight is 409 g/mol. The summed E-state index contributed by atoms with van der Waals surface area (Å²) in [6.45, 7) is 6.86. The van der Waals surface area contributed by atoms with Crippen molar-refractivity contribution in [3.8, 4) is 0 Å². The van der Waals surface area contributed by atoms with Gasteiger partial charge in [0.05, 0.1) is 18.5 Å². The number of hydrogen-bond acceptors (Lipinski definition) is 6. The second kappa shape index (κ2) is 9.63. The molecule has 0 fully saturated rings. The van der Waals surface area contributed by atoms with Crippen LogP contribution in [0.2, 0.25) is 0 Å². The Hall–Kier alpha value is 0.540. The minimum Gasteiger partial charge on any atom is -0.304 e. The summed E-state index contributed by atoms with van der Waals surface area (Å²) in [6, 6.07) is 0. The van der Waals surface area contributed by atoms with Crippen LogP contribution in [-0.2, 0) is 27.9 Å². The number of rotatable bonds is 11. The Balaban J connectivity index is 5.27.